The molecule has 0 radical (unpaired) electrons. The van der Waals surface area contributed by atoms with E-state index in [1.807, 2.05) is 0 Å². The number of carbonyl (C=O) groups is 5. The van der Waals surface area contributed by atoms with Crippen LogP contribution in [-0.4, -0.2) is 55.4 Å². The molecule has 0 aromatic rings. The summed E-state index contributed by atoms with van der Waals surface area (Å²) in [6.07, 6.45) is 104. The second-order valence-corrected chi connectivity index (χ2v) is 27.6. The van der Waals surface area contributed by atoms with E-state index in [0.717, 1.165) is 109 Å². The van der Waals surface area contributed by atoms with Crippen molar-refractivity contribution in [2.24, 2.45) is 0 Å². The number of carboxylic acid groups (broad SMARTS) is 5. The Labute approximate surface area is 607 Å². The van der Waals surface area contributed by atoms with Gasteiger partial charge in [0, 0.05) is 32.1 Å². The van der Waals surface area contributed by atoms with Gasteiger partial charge in [0.1, 0.15) is 0 Å². The Kier molecular flexibility index (Phi) is 104. The van der Waals surface area contributed by atoms with Gasteiger partial charge in [-0.05, 0) is 122 Å². The summed E-state index contributed by atoms with van der Waals surface area (Å²) in [6.45, 7) is 11.2. The molecule has 0 aliphatic heterocycles. The van der Waals surface area contributed by atoms with Crippen LogP contribution in [0.25, 0.3) is 0 Å². The molecule has 0 spiro atoms. The minimum absolute atomic E-state index is 0.319. The molecule has 0 bridgehead atoms. The van der Waals surface area contributed by atoms with Crippen LogP contribution in [0.5, 0.6) is 0 Å². The van der Waals surface area contributed by atoms with Crippen LogP contribution in [0, 0.1) is 0 Å². The molecule has 0 aromatic heterocycles. The van der Waals surface area contributed by atoms with E-state index in [1.165, 1.54) is 283 Å². The second-order valence-electron chi connectivity index (χ2n) is 27.6. The van der Waals surface area contributed by atoms with Crippen molar-refractivity contribution in [1.29, 1.82) is 0 Å². The van der Waals surface area contributed by atoms with Gasteiger partial charge in [-0.1, -0.05) is 377 Å². The van der Waals surface area contributed by atoms with Crippen molar-refractivity contribution in [1.82, 2.24) is 0 Å². The van der Waals surface area contributed by atoms with Crippen LogP contribution in [0.1, 0.15) is 458 Å². The highest BCUT2D eigenvalue weighted by Gasteiger charge is 2.02. The van der Waals surface area contributed by atoms with Crippen LogP contribution in [0.15, 0.2) is 72.9 Å². The molecule has 5 N–H and O–H groups in total. The lowest BCUT2D eigenvalue weighted by Crippen LogP contribution is -1.93. The van der Waals surface area contributed by atoms with Gasteiger partial charge in [-0.2, -0.15) is 0 Å². The summed E-state index contributed by atoms with van der Waals surface area (Å²) in [5, 5.41) is 42.5. The minimum atomic E-state index is -0.675. The molecule has 0 rings (SSSR count). The van der Waals surface area contributed by atoms with Gasteiger partial charge >= 0.3 is 29.8 Å². The first-order valence-electron chi connectivity index (χ1n) is 41.8. The molecule has 0 aliphatic rings. The van der Waals surface area contributed by atoms with E-state index >= 15 is 0 Å². The third kappa shape index (κ3) is 122. The van der Waals surface area contributed by atoms with Crippen molar-refractivity contribution in [2.75, 3.05) is 0 Å². The summed E-state index contributed by atoms with van der Waals surface area (Å²) in [5.41, 5.74) is 0. The van der Waals surface area contributed by atoms with E-state index < -0.39 is 29.8 Å². The average Bonchev–Trinajstić information content (AvgIpc) is 3.68. The molecule has 576 valence electrons. The molecule has 10 nitrogen and oxygen atoms in total. The zero-order valence-corrected chi connectivity index (χ0v) is 65.4. The Morgan fingerprint density at radius 2 is 0.306 bits per heavy atom. The smallest absolute Gasteiger partial charge is 0.303 e. The van der Waals surface area contributed by atoms with Gasteiger partial charge in [-0.25, -0.2) is 0 Å². The Balaban J connectivity index is -0.000000368. The summed E-state index contributed by atoms with van der Waals surface area (Å²) in [6, 6.07) is 0. The van der Waals surface area contributed by atoms with Crippen LogP contribution in [-0.2, 0) is 24.0 Å². The normalized spacial score (nSPS) is 11.3. The number of allylic oxidation sites excluding steroid dienone is 12. The molecule has 0 amide bonds. The SMILES string of the molecule is CC/C=C\C/C=C\C/C=C\CCCCCCCC(=O)O.CCCCC/C=C\C/C=C\CCCCCCCC(=O)O.CCCCCCCC/C=C\CCCCCCCC(=O)O.CCCCCCCCCCCCCCCC(=O)O.CCCCCCCCCCCCCCCCCC(=O)O. The number of unbranched alkanes of at least 4 members (excludes halogenated alkanes) is 50. The highest BCUT2D eigenvalue weighted by Crippen LogP contribution is 2.17. The maximum atomic E-state index is 10.3. The van der Waals surface area contributed by atoms with Crippen molar-refractivity contribution >= 4 is 29.8 Å². The number of carboxylic acids is 5. The summed E-state index contributed by atoms with van der Waals surface area (Å²) < 4.78 is 0. The first-order chi connectivity index (χ1) is 47.9. The predicted molar refractivity (Wildman–Crippen MR) is 426 cm³/mol. The van der Waals surface area contributed by atoms with Gasteiger partial charge in [0.05, 0.1) is 0 Å². The topological polar surface area (TPSA) is 186 Å². The van der Waals surface area contributed by atoms with E-state index in [0.29, 0.717) is 32.1 Å². The molecular weight excluding hydrogens is 1220 g/mol. The third-order valence-electron chi connectivity index (χ3n) is 17.5. The summed E-state index contributed by atoms with van der Waals surface area (Å²) in [7, 11) is 0. The molecule has 10 heteroatoms. The Bertz CT molecular complexity index is 1760. The van der Waals surface area contributed by atoms with Gasteiger partial charge in [0.15, 0.2) is 0 Å². The molecule has 98 heavy (non-hydrogen) atoms. The first-order valence-corrected chi connectivity index (χ1v) is 41.8. The standard InChI is InChI=1S/C18H36O2.C18H34O2.C18H32O2.C18H30O2.C16H32O2/c4*1-2-3-4-5-6-7-8-9-10-11-12-13-14-15-16-17-18(19)20;1-2-3-4-5-6-7-8-9-10-11-12-13-14-15-16(17)18/h2-17H2,1H3,(H,19,20);9-10H,2-8,11-17H2,1H3,(H,19,20);6-7,9-10H,2-5,8,11-17H2,1H3,(H,19,20);3-4,6-7,9-10H,2,5,8,11-17H2,1H3,(H,19,20);2-15H2,1H3,(H,17,18)/b;10-9-;7-6-,10-9-;4-3-,7-6-,10-9-;. The van der Waals surface area contributed by atoms with Gasteiger partial charge in [0.25, 0.3) is 0 Å². The number of hydrogen-bond acceptors (Lipinski definition) is 5. The first kappa shape index (κ1) is 102. The zero-order valence-electron chi connectivity index (χ0n) is 65.4. The summed E-state index contributed by atoms with van der Waals surface area (Å²) >= 11 is 0. The van der Waals surface area contributed by atoms with Gasteiger partial charge in [0.2, 0.25) is 0 Å². The van der Waals surface area contributed by atoms with Crippen LogP contribution in [0.4, 0.5) is 0 Å². The van der Waals surface area contributed by atoms with Crippen molar-refractivity contribution in [2.45, 2.75) is 458 Å². The Morgan fingerprint density at radius 3 is 0.490 bits per heavy atom. The summed E-state index contributed by atoms with van der Waals surface area (Å²) in [4.78, 5) is 51.6. The zero-order chi connectivity index (χ0) is 73.0. The van der Waals surface area contributed by atoms with Crippen molar-refractivity contribution < 1.29 is 49.5 Å². The molecule has 0 fully saturated rings. The maximum Gasteiger partial charge on any atom is 0.303 e. The van der Waals surface area contributed by atoms with E-state index in [1.54, 1.807) is 0 Å². The Hall–Kier alpha value is -4.21. The lowest BCUT2D eigenvalue weighted by Gasteiger charge is -2.03. The fourth-order valence-corrected chi connectivity index (χ4v) is 11.3. The molecule has 0 aliphatic carbocycles. The lowest BCUT2D eigenvalue weighted by molar-refractivity contribution is -0.138. The molecular formula is C88H164O10. The predicted octanol–water partition coefficient (Wildman–Crippen LogP) is 29.5. The Morgan fingerprint density at radius 1 is 0.173 bits per heavy atom. The van der Waals surface area contributed by atoms with Crippen molar-refractivity contribution in [3.8, 4) is 0 Å². The quantitative estimate of drug-likeness (QED) is 0.0290. The van der Waals surface area contributed by atoms with E-state index in [2.05, 4.69) is 108 Å². The van der Waals surface area contributed by atoms with Crippen LogP contribution in [0.3, 0.4) is 0 Å². The van der Waals surface area contributed by atoms with Crippen LogP contribution >= 0.6 is 0 Å². The molecule has 0 atom stereocenters. The van der Waals surface area contributed by atoms with Gasteiger partial charge < -0.3 is 25.5 Å². The fraction of sp³-hybridized carbons (Fsp3) is 0.807. The molecule has 0 saturated heterocycles. The number of rotatable bonds is 72. The highest BCUT2D eigenvalue weighted by molar-refractivity contribution is 5.67. The van der Waals surface area contributed by atoms with Gasteiger partial charge in [-0.3, -0.25) is 24.0 Å². The maximum absolute atomic E-state index is 10.3. The van der Waals surface area contributed by atoms with Crippen LogP contribution < -0.4 is 0 Å². The van der Waals surface area contributed by atoms with Crippen molar-refractivity contribution in [3.63, 3.8) is 0 Å². The highest BCUT2D eigenvalue weighted by atomic mass is 16.4. The number of hydrogen-bond donors (Lipinski definition) is 5. The lowest BCUT2D eigenvalue weighted by atomic mass is 10.0. The van der Waals surface area contributed by atoms with Crippen molar-refractivity contribution in [3.05, 3.63) is 72.9 Å². The monoisotopic (exact) mass is 1380 g/mol. The fourth-order valence-electron chi connectivity index (χ4n) is 11.3. The van der Waals surface area contributed by atoms with E-state index in [-0.39, 0.29) is 0 Å². The third-order valence-corrected chi connectivity index (χ3v) is 17.5. The van der Waals surface area contributed by atoms with Gasteiger partial charge in [-0.15, -0.1) is 0 Å². The second kappa shape index (κ2) is 99.2. The van der Waals surface area contributed by atoms with E-state index in [4.69, 9.17) is 25.5 Å². The van der Waals surface area contributed by atoms with E-state index in [9.17, 15) is 24.0 Å². The molecule has 0 aromatic carbocycles. The molecule has 0 saturated carbocycles. The summed E-state index contributed by atoms with van der Waals surface area (Å²) in [5.74, 6) is -3.32. The average molecular weight is 1380 g/mol. The molecule has 0 heterocycles. The minimum Gasteiger partial charge on any atom is -0.481 e. The largest absolute Gasteiger partial charge is 0.481 e. The van der Waals surface area contributed by atoms with Crippen LogP contribution in [0.2, 0.25) is 0 Å². The number of aliphatic carboxylic acids is 5. The molecule has 0 unspecified atom stereocenters.